The second-order valence-corrected chi connectivity index (χ2v) is 6.21. The Morgan fingerprint density at radius 3 is 2.79 bits per heavy atom. The standard InChI is InChI=1S/C18H16N4O6/c23-18(27-11-16-19-20-17(28-16)15-4-3-9-26-15)13-10-12(22(24)25)5-6-14(13)21-7-1-2-8-21/h3-6,9-10H,1-2,7-8,11H2. The van der Waals surface area contributed by atoms with Crippen molar-refractivity contribution in [3.8, 4) is 11.7 Å². The van der Waals surface area contributed by atoms with Crippen LogP contribution in [0.4, 0.5) is 11.4 Å². The molecular formula is C18H16N4O6. The summed E-state index contributed by atoms with van der Waals surface area (Å²) in [4.78, 5) is 25.2. The highest BCUT2D eigenvalue weighted by Crippen LogP contribution is 2.29. The average Bonchev–Trinajstić information content (AvgIpc) is 3.47. The number of esters is 1. The Balaban J connectivity index is 1.52. The fourth-order valence-electron chi connectivity index (χ4n) is 3.05. The number of non-ortho nitro benzene ring substituents is 1. The van der Waals surface area contributed by atoms with Crippen LogP contribution in [0.3, 0.4) is 0 Å². The van der Waals surface area contributed by atoms with E-state index in [2.05, 4.69) is 10.2 Å². The number of hydrogen-bond donors (Lipinski definition) is 0. The lowest BCUT2D eigenvalue weighted by molar-refractivity contribution is -0.384. The maximum atomic E-state index is 12.6. The Labute approximate surface area is 158 Å². The van der Waals surface area contributed by atoms with Crippen molar-refractivity contribution in [2.75, 3.05) is 18.0 Å². The van der Waals surface area contributed by atoms with Crippen molar-refractivity contribution in [2.45, 2.75) is 19.4 Å². The number of nitro benzene ring substituents is 1. The van der Waals surface area contributed by atoms with Gasteiger partial charge in [-0.25, -0.2) is 4.79 Å². The van der Waals surface area contributed by atoms with E-state index in [1.165, 1.54) is 18.4 Å². The first-order chi connectivity index (χ1) is 13.6. The van der Waals surface area contributed by atoms with Crippen LogP contribution in [0.5, 0.6) is 0 Å². The average molecular weight is 384 g/mol. The minimum Gasteiger partial charge on any atom is -0.459 e. The fraction of sp³-hybridized carbons (Fsp3) is 0.278. The van der Waals surface area contributed by atoms with Crippen LogP contribution in [0.2, 0.25) is 0 Å². The summed E-state index contributed by atoms with van der Waals surface area (Å²) in [5.41, 5.74) is 0.588. The van der Waals surface area contributed by atoms with Gasteiger partial charge in [-0.1, -0.05) is 0 Å². The lowest BCUT2D eigenvalue weighted by atomic mass is 10.1. The number of carbonyl (C=O) groups is 1. The molecule has 0 radical (unpaired) electrons. The number of nitrogens with zero attached hydrogens (tertiary/aromatic N) is 4. The van der Waals surface area contributed by atoms with E-state index >= 15 is 0 Å². The smallest absolute Gasteiger partial charge is 0.341 e. The first kappa shape index (κ1) is 17.7. The molecule has 0 unspecified atom stereocenters. The molecule has 3 heterocycles. The molecule has 1 aromatic carbocycles. The monoisotopic (exact) mass is 384 g/mol. The van der Waals surface area contributed by atoms with Gasteiger partial charge in [0.15, 0.2) is 12.4 Å². The van der Waals surface area contributed by atoms with Crippen LogP contribution in [0.1, 0.15) is 29.1 Å². The van der Waals surface area contributed by atoms with E-state index in [9.17, 15) is 14.9 Å². The van der Waals surface area contributed by atoms with Crippen molar-refractivity contribution in [2.24, 2.45) is 0 Å². The molecule has 2 aromatic heterocycles. The minimum atomic E-state index is -0.691. The van der Waals surface area contributed by atoms with E-state index in [1.807, 2.05) is 4.90 Å². The third-order valence-corrected chi connectivity index (χ3v) is 4.38. The molecule has 3 aromatic rings. The number of benzene rings is 1. The van der Waals surface area contributed by atoms with E-state index in [-0.39, 0.29) is 29.6 Å². The first-order valence-corrected chi connectivity index (χ1v) is 8.68. The number of aromatic nitrogens is 2. The van der Waals surface area contributed by atoms with E-state index in [0.717, 1.165) is 25.9 Å². The van der Waals surface area contributed by atoms with Crippen LogP contribution in [0, 0.1) is 10.1 Å². The van der Waals surface area contributed by atoms with Gasteiger partial charge in [0.2, 0.25) is 0 Å². The van der Waals surface area contributed by atoms with Crippen molar-refractivity contribution in [3.63, 3.8) is 0 Å². The van der Waals surface area contributed by atoms with Gasteiger partial charge in [-0.15, -0.1) is 10.2 Å². The zero-order valence-electron chi connectivity index (χ0n) is 14.7. The van der Waals surface area contributed by atoms with Crippen LogP contribution >= 0.6 is 0 Å². The van der Waals surface area contributed by atoms with Crippen LogP contribution in [-0.4, -0.2) is 34.2 Å². The molecule has 1 fully saturated rings. The Kier molecular flexibility index (Phi) is 4.75. The van der Waals surface area contributed by atoms with Crippen LogP contribution in [-0.2, 0) is 11.3 Å². The SMILES string of the molecule is O=C(OCc1nnc(-c2ccco2)o1)c1cc([N+](=O)[O-])ccc1N1CCCC1. The van der Waals surface area contributed by atoms with Gasteiger partial charge in [0.1, 0.15) is 0 Å². The van der Waals surface area contributed by atoms with Crippen molar-refractivity contribution in [1.82, 2.24) is 10.2 Å². The second-order valence-electron chi connectivity index (χ2n) is 6.21. The van der Waals surface area contributed by atoms with E-state index in [1.54, 1.807) is 18.2 Å². The summed E-state index contributed by atoms with van der Waals surface area (Å²) < 4.78 is 15.8. The van der Waals surface area contributed by atoms with E-state index < -0.39 is 10.9 Å². The summed E-state index contributed by atoms with van der Waals surface area (Å²) >= 11 is 0. The molecule has 0 atom stereocenters. The molecule has 0 aliphatic carbocycles. The van der Waals surface area contributed by atoms with Crippen LogP contribution in [0.15, 0.2) is 45.4 Å². The first-order valence-electron chi connectivity index (χ1n) is 8.68. The molecule has 0 bridgehead atoms. The van der Waals surface area contributed by atoms with Crippen LogP contribution in [0.25, 0.3) is 11.7 Å². The lowest BCUT2D eigenvalue weighted by Crippen LogP contribution is -2.21. The zero-order chi connectivity index (χ0) is 19.5. The van der Waals surface area contributed by atoms with E-state index in [4.69, 9.17) is 13.6 Å². The highest BCUT2D eigenvalue weighted by Gasteiger charge is 2.24. The molecule has 28 heavy (non-hydrogen) atoms. The maximum Gasteiger partial charge on any atom is 0.341 e. The molecule has 0 saturated carbocycles. The van der Waals surface area contributed by atoms with Gasteiger partial charge in [0, 0.05) is 25.2 Å². The maximum absolute atomic E-state index is 12.6. The number of nitro groups is 1. The number of carbonyl (C=O) groups excluding carboxylic acids is 1. The molecule has 144 valence electrons. The fourth-order valence-corrected chi connectivity index (χ4v) is 3.05. The summed E-state index contributed by atoms with van der Waals surface area (Å²) in [5, 5.41) is 18.7. The van der Waals surface area contributed by atoms with Gasteiger partial charge in [-0.3, -0.25) is 10.1 Å². The predicted molar refractivity (Wildman–Crippen MR) is 95.7 cm³/mol. The third kappa shape index (κ3) is 3.56. The summed E-state index contributed by atoms with van der Waals surface area (Å²) in [6, 6.07) is 7.55. The Morgan fingerprint density at radius 2 is 2.07 bits per heavy atom. The normalized spacial score (nSPS) is 13.6. The third-order valence-electron chi connectivity index (χ3n) is 4.38. The Bertz CT molecular complexity index is 991. The quantitative estimate of drug-likeness (QED) is 0.358. The molecule has 0 spiro atoms. The highest BCUT2D eigenvalue weighted by molar-refractivity contribution is 5.96. The van der Waals surface area contributed by atoms with Crippen molar-refractivity contribution in [1.29, 1.82) is 0 Å². The van der Waals surface area contributed by atoms with Crippen LogP contribution < -0.4 is 4.90 Å². The number of rotatable bonds is 6. The molecular weight excluding hydrogens is 368 g/mol. The van der Waals surface area contributed by atoms with Crippen molar-refractivity contribution >= 4 is 17.3 Å². The topological polar surface area (TPSA) is 125 Å². The molecule has 4 rings (SSSR count). The zero-order valence-corrected chi connectivity index (χ0v) is 14.7. The van der Waals surface area contributed by atoms with Crippen molar-refractivity contribution < 1.29 is 23.3 Å². The number of anilines is 1. The van der Waals surface area contributed by atoms with Gasteiger partial charge in [-0.05, 0) is 31.0 Å². The molecule has 10 heteroatoms. The van der Waals surface area contributed by atoms with Gasteiger partial charge in [-0.2, -0.15) is 0 Å². The summed E-state index contributed by atoms with van der Waals surface area (Å²) in [7, 11) is 0. The molecule has 1 saturated heterocycles. The summed E-state index contributed by atoms with van der Waals surface area (Å²) in [6.45, 7) is 1.32. The van der Waals surface area contributed by atoms with Gasteiger partial charge < -0.3 is 18.5 Å². The Morgan fingerprint density at radius 1 is 1.25 bits per heavy atom. The number of furan rings is 1. The minimum absolute atomic E-state index is 0.0907. The molecule has 0 N–H and O–H groups in total. The molecule has 1 aliphatic rings. The van der Waals surface area contributed by atoms with Gasteiger partial charge in [0.25, 0.3) is 17.5 Å². The molecule has 1 aliphatic heterocycles. The van der Waals surface area contributed by atoms with Crippen molar-refractivity contribution in [3.05, 3.63) is 58.2 Å². The predicted octanol–water partition coefficient (Wildman–Crippen LogP) is 3.20. The highest BCUT2D eigenvalue weighted by atomic mass is 16.6. The molecule has 10 nitrogen and oxygen atoms in total. The largest absolute Gasteiger partial charge is 0.459 e. The second kappa shape index (κ2) is 7.51. The van der Waals surface area contributed by atoms with Gasteiger partial charge >= 0.3 is 5.97 Å². The summed E-state index contributed by atoms with van der Waals surface area (Å²) in [6.07, 6.45) is 3.48. The lowest BCUT2D eigenvalue weighted by Gasteiger charge is -2.20. The number of hydrogen-bond acceptors (Lipinski definition) is 9. The van der Waals surface area contributed by atoms with Gasteiger partial charge in [0.05, 0.1) is 22.4 Å². The molecule has 0 amide bonds. The summed E-state index contributed by atoms with van der Waals surface area (Å²) in [5.74, 6) is -0.0273. The Hall–Kier alpha value is -3.69. The number of ether oxygens (including phenoxy) is 1. The van der Waals surface area contributed by atoms with E-state index in [0.29, 0.717) is 11.4 Å².